The number of esters is 1. The van der Waals surface area contributed by atoms with E-state index in [9.17, 15) is 9.59 Å². The molecule has 2 amide bonds. The average molecular weight is 512 g/mol. The number of amides is 2. The Morgan fingerprint density at radius 3 is 2.27 bits per heavy atom. The maximum Gasteiger partial charge on any atom is 0.324 e. The number of nitrogens with zero attached hydrogens (tertiary/aromatic N) is 2. The van der Waals surface area contributed by atoms with Crippen molar-refractivity contribution in [3.8, 4) is 0 Å². The first-order valence-corrected chi connectivity index (χ1v) is 13.2. The Morgan fingerprint density at radius 1 is 0.973 bits per heavy atom. The van der Waals surface area contributed by atoms with E-state index in [1.165, 1.54) is 29.6 Å². The summed E-state index contributed by atoms with van der Waals surface area (Å²) in [5, 5.41) is 3.57. The highest BCUT2D eigenvalue weighted by Crippen LogP contribution is 2.31. The Hall–Kier alpha value is -3.97. The fourth-order valence-electron chi connectivity index (χ4n) is 4.91. The van der Waals surface area contributed by atoms with Crippen molar-refractivity contribution in [2.24, 2.45) is 5.92 Å². The normalized spacial score (nSPS) is 16.7. The smallest absolute Gasteiger partial charge is 0.324 e. The monoisotopic (exact) mass is 511 g/mol. The van der Waals surface area contributed by atoms with E-state index in [-0.39, 0.29) is 29.9 Å². The minimum absolute atomic E-state index is 0.127. The largest absolute Gasteiger partial charge is 0.469 e. The number of urea groups is 1. The molecule has 7 heteroatoms. The van der Waals surface area contributed by atoms with Crippen LogP contribution >= 0.6 is 11.3 Å². The van der Waals surface area contributed by atoms with Crippen LogP contribution in [0.3, 0.4) is 0 Å². The molecular weight excluding hydrogens is 482 g/mol. The Labute approximate surface area is 220 Å². The van der Waals surface area contributed by atoms with E-state index in [0.717, 1.165) is 16.6 Å². The van der Waals surface area contributed by atoms with Crippen molar-refractivity contribution >= 4 is 38.7 Å². The summed E-state index contributed by atoms with van der Waals surface area (Å²) in [5.41, 5.74) is 3.26. The Kier molecular flexibility index (Phi) is 7.61. The quantitative estimate of drug-likeness (QED) is 0.217. The molecule has 0 bridgehead atoms. The van der Waals surface area contributed by atoms with Crippen LogP contribution in [0.2, 0.25) is 0 Å². The van der Waals surface area contributed by atoms with E-state index >= 15 is 0 Å². The molecule has 4 aromatic rings. The molecule has 0 radical (unpaired) electrons. The zero-order valence-corrected chi connectivity index (χ0v) is 21.4. The first-order chi connectivity index (χ1) is 18.1. The lowest BCUT2D eigenvalue weighted by atomic mass is 9.88. The Bertz CT molecular complexity index is 1310. The second-order valence-electron chi connectivity index (χ2n) is 9.09. The molecular formula is C30H29N3O3S. The number of ether oxygens (including phenoxy) is 1. The summed E-state index contributed by atoms with van der Waals surface area (Å²) in [6.07, 6.45) is 5.02. The zero-order valence-electron chi connectivity index (χ0n) is 20.6. The summed E-state index contributed by atoms with van der Waals surface area (Å²) in [6.45, 7) is 0.508. The standard InChI is InChI=1S/C30H29N3O3S/c1-36-28(34)23-16-17-24(20-23)33(30(35)32-29-31-26-14-8-9-15-27(26)37-29)19-18-25(21-10-4-2-5-11-21)22-12-6-3-7-13-22/h2-17,23-25H,18-20H2,1H3,(H,31,32,35). The summed E-state index contributed by atoms with van der Waals surface area (Å²) in [4.78, 5) is 32.2. The summed E-state index contributed by atoms with van der Waals surface area (Å²) in [7, 11) is 1.39. The molecule has 188 valence electrons. The van der Waals surface area contributed by atoms with Crippen molar-refractivity contribution in [1.29, 1.82) is 0 Å². The van der Waals surface area contributed by atoms with Gasteiger partial charge in [-0.2, -0.15) is 0 Å². The number of benzene rings is 3. The highest BCUT2D eigenvalue weighted by atomic mass is 32.1. The fourth-order valence-corrected chi connectivity index (χ4v) is 5.76. The lowest BCUT2D eigenvalue weighted by molar-refractivity contribution is -0.143. The van der Waals surface area contributed by atoms with E-state index in [2.05, 4.69) is 34.6 Å². The molecule has 0 spiro atoms. The second-order valence-corrected chi connectivity index (χ2v) is 10.1. The zero-order chi connectivity index (χ0) is 25.6. The van der Waals surface area contributed by atoms with E-state index in [0.29, 0.717) is 18.1 Å². The van der Waals surface area contributed by atoms with Crippen molar-refractivity contribution in [1.82, 2.24) is 9.88 Å². The number of carbonyl (C=O) groups excluding carboxylic acids is 2. The lowest BCUT2D eigenvalue weighted by Gasteiger charge is -2.30. The molecule has 0 saturated heterocycles. The molecule has 0 saturated carbocycles. The number of methoxy groups -OCH3 is 1. The summed E-state index contributed by atoms with van der Waals surface area (Å²) < 4.78 is 5.97. The van der Waals surface area contributed by atoms with Gasteiger partial charge in [-0.15, -0.1) is 0 Å². The molecule has 2 atom stereocenters. The third-order valence-electron chi connectivity index (χ3n) is 6.80. The van der Waals surface area contributed by atoms with Crippen molar-refractivity contribution in [3.63, 3.8) is 0 Å². The van der Waals surface area contributed by atoms with Crippen LogP contribution in [0.25, 0.3) is 10.2 Å². The first kappa shape index (κ1) is 24.7. The molecule has 1 N–H and O–H groups in total. The van der Waals surface area contributed by atoms with Crippen LogP contribution in [0.1, 0.15) is 29.9 Å². The minimum atomic E-state index is -0.355. The van der Waals surface area contributed by atoms with Crippen molar-refractivity contribution in [2.75, 3.05) is 19.0 Å². The van der Waals surface area contributed by atoms with Gasteiger partial charge in [0.1, 0.15) is 0 Å². The predicted molar refractivity (Wildman–Crippen MR) is 148 cm³/mol. The van der Waals surface area contributed by atoms with Crippen molar-refractivity contribution in [3.05, 3.63) is 108 Å². The van der Waals surface area contributed by atoms with Crippen LogP contribution < -0.4 is 5.32 Å². The molecule has 6 nitrogen and oxygen atoms in total. The maximum atomic E-state index is 13.6. The van der Waals surface area contributed by atoms with Gasteiger partial charge in [0.25, 0.3) is 0 Å². The van der Waals surface area contributed by atoms with E-state index in [4.69, 9.17) is 4.74 Å². The Balaban J connectivity index is 1.39. The lowest BCUT2D eigenvalue weighted by Crippen LogP contribution is -2.43. The van der Waals surface area contributed by atoms with E-state index in [1.54, 1.807) is 0 Å². The molecule has 1 aliphatic rings. The van der Waals surface area contributed by atoms with Crippen LogP contribution in [0.15, 0.2) is 97.1 Å². The number of aromatic nitrogens is 1. The van der Waals surface area contributed by atoms with Crippen LogP contribution in [-0.4, -0.2) is 41.6 Å². The summed E-state index contributed by atoms with van der Waals surface area (Å²) in [5.74, 6) is -0.509. The summed E-state index contributed by atoms with van der Waals surface area (Å²) >= 11 is 1.45. The number of anilines is 1. The molecule has 5 rings (SSSR count). The average Bonchev–Trinajstić information content (AvgIpc) is 3.59. The van der Waals surface area contributed by atoms with Crippen LogP contribution in [-0.2, 0) is 9.53 Å². The highest BCUT2D eigenvalue weighted by molar-refractivity contribution is 7.22. The molecule has 0 aliphatic heterocycles. The van der Waals surface area contributed by atoms with E-state index < -0.39 is 0 Å². The number of fused-ring (bicyclic) bond motifs is 1. The molecule has 2 unspecified atom stereocenters. The second kappa shape index (κ2) is 11.4. The Morgan fingerprint density at radius 2 is 1.62 bits per heavy atom. The van der Waals surface area contributed by atoms with Crippen molar-refractivity contribution in [2.45, 2.75) is 24.8 Å². The van der Waals surface area contributed by atoms with Gasteiger partial charge in [-0.1, -0.05) is 96.3 Å². The van der Waals surface area contributed by atoms with Gasteiger partial charge in [-0.25, -0.2) is 9.78 Å². The van der Waals surface area contributed by atoms with E-state index in [1.807, 2.05) is 77.7 Å². The van der Waals surface area contributed by atoms with Crippen LogP contribution in [0, 0.1) is 5.92 Å². The van der Waals surface area contributed by atoms with Gasteiger partial charge in [0, 0.05) is 12.5 Å². The molecule has 37 heavy (non-hydrogen) atoms. The minimum Gasteiger partial charge on any atom is -0.469 e. The number of nitrogens with one attached hydrogen (secondary N) is 1. The maximum absolute atomic E-state index is 13.6. The number of thiazole rings is 1. The number of para-hydroxylation sites is 1. The molecule has 0 fully saturated rings. The number of carbonyl (C=O) groups is 2. The number of rotatable bonds is 8. The van der Waals surface area contributed by atoms with Crippen LogP contribution in [0.5, 0.6) is 0 Å². The molecule has 1 aromatic heterocycles. The van der Waals surface area contributed by atoms with Gasteiger partial charge < -0.3 is 9.64 Å². The highest BCUT2D eigenvalue weighted by Gasteiger charge is 2.32. The topological polar surface area (TPSA) is 71.5 Å². The molecule has 3 aromatic carbocycles. The third kappa shape index (κ3) is 5.73. The predicted octanol–water partition coefficient (Wildman–Crippen LogP) is 6.47. The number of hydrogen-bond donors (Lipinski definition) is 1. The van der Waals surface area contributed by atoms with Gasteiger partial charge in [-0.05, 0) is 36.1 Å². The van der Waals surface area contributed by atoms with Gasteiger partial charge in [0.15, 0.2) is 5.13 Å². The first-order valence-electron chi connectivity index (χ1n) is 12.4. The van der Waals surface area contributed by atoms with Crippen molar-refractivity contribution < 1.29 is 14.3 Å². The van der Waals surface area contributed by atoms with Gasteiger partial charge >= 0.3 is 12.0 Å². The summed E-state index contributed by atoms with van der Waals surface area (Å²) in [6, 6.07) is 28.1. The molecule has 1 heterocycles. The third-order valence-corrected chi connectivity index (χ3v) is 7.75. The van der Waals surface area contributed by atoms with Gasteiger partial charge in [0.2, 0.25) is 0 Å². The van der Waals surface area contributed by atoms with Crippen LogP contribution in [0.4, 0.5) is 9.93 Å². The molecule has 1 aliphatic carbocycles. The van der Waals surface area contributed by atoms with Gasteiger partial charge in [0.05, 0.1) is 29.3 Å². The number of hydrogen-bond acceptors (Lipinski definition) is 5. The van der Waals surface area contributed by atoms with Gasteiger partial charge in [-0.3, -0.25) is 10.1 Å². The fraction of sp³-hybridized carbons (Fsp3) is 0.233. The SMILES string of the molecule is COC(=O)C1C=CC(N(CCC(c2ccccc2)c2ccccc2)C(=O)Nc2nc3ccccc3s2)C1.